The minimum atomic E-state index is -1.97. The lowest BCUT2D eigenvalue weighted by atomic mass is 9.74. The van der Waals surface area contributed by atoms with Crippen LogP contribution in [0.3, 0.4) is 0 Å². The van der Waals surface area contributed by atoms with Gasteiger partial charge in [0.25, 0.3) is 0 Å². The fourth-order valence-electron chi connectivity index (χ4n) is 4.17. The maximum atomic E-state index is 12.1. The van der Waals surface area contributed by atoms with E-state index in [1.165, 1.54) is 0 Å². The number of hydrogen-bond donors (Lipinski definition) is 0. The minimum Gasteiger partial charge on any atom is -0.493 e. The number of methoxy groups -OCH3 is 2. The number of rotatable bonds is 7. The summed E-state index contributed by atoms with van der Waals surface area (Å²) < 4.78 is 17.5. The summed E-state index contributed by atoms with van der Waals surface area (Å²) in [5.74, 6) is 0.877. The van der Waals surface area contributed by atoms with E-state index < -0.39 is 14.4 Å². The quantitative estimate of drug-likeness (QED) is 0.292. The van der Waals surface area contributed by atoms with E-state index in [9.17, 15) is 10.1 Å². The van der Waals surface area contributed by atoms with E-state index in [1.54, 1.807) is 14.2 Å². The summed E-state index contributed by atoms with van der Waals surface area (Å²) in [5, 5.41) is 12.2. The van der Waals surface area contributed by atoms with E-state index in [0.29, 0.717) is 30.9 Å². The predicted molar refractivity (Wildman–Crippen MR) is 129 cm³/mol. The van der Waals surface area contributed by atoms with Crippen molar-refractivity contribution in [3.63, 3.8) is 0 Å². The normalized spacial score (nSPS) is 18.7. The Morgan fingerprint density at radius 1 is 1.06 bits per heavy atom. The highest BCUT2D eigenvalue weighted by atomic mass is 28.4. The zero-order valence-corrected chi connectivity index (χ0v) is 21.2. The minimum absolute atomic E-state index is 0.0900. The number of aryl methyl sites for hydroxylation is 1. The lowest BCUT2D eigenvalue weighted by Crippen LogP contribution is -2.40. The summed E-state index contributed by atoms with van der Waals surface area (Å²) in [7, 11) is 1.23. The molecule has 0 aromatic heterocycles. The molecule has 32 heavy (non-hydrogen) atoms. The predicted octanol–water partition coefficient (Wildman–Crippen LogP) is 5.95. The van der Waals surface area contributed by atoms with Gasteiger partial charge in [-0.05, 0) is 58.9 Å². The second-order valence-electron chi connectivity index (χ2n) is 10.0. The van der Waals surface area contributed by atoms with Crippen LogP contribution in [0.25, 0.3) is 0 Å². The molecule has 0 unspecified atom stereocenters. The number of nitro groups is 1. The van der Waals surface area contributed by atoms with Gasteiger partial charge >= 0.3 is 0 Å². The van der Waals surface area contributed by atoms with Crippen molar-refractivity contribution in [2.45, 2.75) is 70.3 Å². The van der Waals surface area contributed by atoms with Gasteiger partial charge in [0.05, 0.1) is 26.7 Å². The van der Waals surface area contributed by atoms with Crippen molar-refractivity contribution in [2.24, 2.45) is 0 Å². The molecule has 0 spiro atoms. The zero-order chi connectivity index (χ0) is 23.7. The standard InChI is InChI=1S/C25H35NO5Si/c1-25(2,3)32(6,7)31-16-18-10-8-9-11-19(18)24-20-15-23(30-5)22(29-4)14-17(20)12-13-21(24)26(27)28/h8-11,14-15,21,24H,12-13,16H2,1-7H3/t21-,24-/m1/s1. The van der Waals surface area contributed by atoms with Crippen LogP contribution in [0.1, 0.15) is 55.4 Å². The largest absolute Gasteiger partial charge is 0.493 e. The van der Waals surface area contributed by atoms with E-state index in [2.05, 4.69) is 33.9 Å². The second kappa shape index (κ2) is 9.23. The van der Waals surface area contributed by atoms with Gasteiger partial charge in [0.2, 0.25) is 6.04 Å². The molecule has 0 saturated carbocycles. The topological polar surface area (TPSA) is 70.8 Å². The number of hydrogen-bond acceptors (Lipinski definition) is 5. The number of nitrogens with zero attached hydrogens (tertiary/aromatic N) is 1. The Morgan fingerprint density at radius 3 is 2.28 bits per heavy atom. The van der Waals surface area contributed by atoms with Crippen LogP contribution in [0.2, 0.25) is 18.1 Å². The molecule has 2 aromatic carbocycles. The van der Waals surface area contributed by atoms with Crippen LogP contribution in [0.5, 0.6) is 11.5 Å². The van der Waals surface area contributed by atoms with E-state index >= 15 is 0 Å². The third-order valence-corrected chi connectivity index (χ3v) is 11.6. The smallest absolute Gasteiger partial charge is 0.224 e. The molecule has 0 radical (unpaired) electrons. The van der Waals surface area contributed by atoms with Crippen molar-refractivity contribution in [2.75, 3.05) is 14.2 Å². The molecule has 3 rings (SSSR count). The highest BCUT2D eigenvalue weighted by Gasteiger charge is 2.41. The van der Waals surface area contributed by atoms with E-state index in [-0.39, 0.29) is 15.9 Å². The molecule has 0 aliphatic heterocycles. The molecule has 0 fully saturated rings. The number of benzene rings is 2. The van der Waals surface area contributed by atoms with Gasteiger partial charge in [-0.15, -0.1) is 0 Å². The molecule has 1 aliphatic rings. The molecule has 0 N–H and O–H groups in total. The van der Waals surface area contributed by atoms with Crippen LogP contribution >= 0.6 is 0 Å². The molecule has 2 atom stereocenters. The Bertz CT molecular complexity index is 983. The van der Waals surface area contributed by atoms with Crippen molar-refractivity contribution in [1.82, 2.24) is 0 Å². The molecule has 174 valence electrons. The third-order valence-electron chi connectivity index (χ3n) is 7.13. The maximum Gasteiger partial charge on any atom is 0.224 e. The lowest BCUT2D eigenvalue weighted by Gasteiger charge is -2.37. The third kappa shape index (κ3) is 4.69. The Labute approximate surface area is 192 Å². The Balaban J connectivity index is 2.09. The average Bonchev–Trinajstić information content (AvgIpc) is 2.75. The van der Waals surface area contributed by atoms with Gasteiger partial charge in [-0.2, -0.15) is 0 Å². The number of fused-ring (bicyclic) bond motifs is 1. The molecule has 2 aromatic rings. The van der Waals surface area contributed by atoms with Crippen LogP contribution in [-0.4, -0.2) is 33.5 Å². The van der Waals surface area contributed by atoms with E-state index in [1.807, 2.05) is 36.4 Å². The van der Waals surface area contributed by atoms with Gasteiger partial charge in [-0.25, -0.2) is 0 Å². The average molecular weight is 458 g/mol. The van der Waals surface area contributed by atoms with Crippen molar-refractivity contribution in [1.29, 1.82) is 0 Å². The first-order chi connectivity index (χ1) is 15.0. The van der Waals surface area contributed by atoms with E-state index in [0.717, 1.165) is 22.3 Å². The maximum absolute atomic E-state index is 12.1. The molecular weight excluding hydrogens is 422 g/mol. The lowest BCUT2D eigenvalue weighted by molar-refractivity contribution is -0.526. The Hall–Kier alpha value is -2.38. The first-order valence-electron chi connectivity index (χ1n) is 11.1. The van der Waals surface area contributed by atoms with Gasteiger partial charge in [-0.3, -0.25) is 10.1 Å². The van der Waals surface area contributed by atoms with Crippen LogP contribution < -0.4 is 9.47 Å². The van der Waals surface area contributed by atoms with Gasteiger partial charge in [0, 0.05) is 11.3 Å². The van der Waals surface area contributed by atoms with E-state index in [4.69, 9.17) is 13.9 Å². The summed E-state index contributed by atoms with van der Waals surface area (Å²) in [5.41, 5.74) is 3.99. The number of ether oxygens (including phenoxy) is 2. The van der Waals surface area contributed by atoms with Crippen molar-refractivity contribution >= 4 is 8.32 Å². The summed E-state index contributed by atoms with van der Waals surface area (Å²) in [6.45, 7) is 11.5. The van der Waals surface area contributed by atoms with Crippen LogP contribution in [0.15, 0.2) is 36.4 Å². The fraction of sp³-hybridized carbons (Fsp3) is 0.520. The first-order valence-corrected chi connectivity index (χ1v) is 14.0. The SMILES string of the molecule is COc1cc2c(cc1OC)[C@@H](c1ccccc1CO[Si](C)(C)C(C)(C)C)[C@H]([N+](=O)[O-])CC2. The first kappa shape index (κ1) is 24.3. The van der Waals surface area contributed by atoms with Gasteiger partial charge in [-0.1, -0.05) is 45.0 Å². The Morgan fingerprint density at radius 2 is 1.69 bits per heavy atom. The van der Waals surface area contributed by atoms with Crippen LogP contribution in [0.4, 0.5) is 0 Å². The Kier molecular flexibility index (Phi) is 7.00. The fourth-order valence-corrected chi connectivity index (χ4v) is 5.12. The molecule has 7 heteroatoms. The molecule has 1 aliphatic carbocycles. The van der Waals surface area contributed by atoms with Crippen LogP contribution in [0, 0.1) is 10.1 Å². The summed E-state index contributed by atoms with van der Waals surface area (Å²) in [4.78, 5) is 12.0. The van der Waals surface area contributed by atoms with Gasteiger partial charge in [0.1, 0.15) is 0 Å². The van der Waals surface area contributed by atoms with Gasteiger partial charge in [0.15, 0.2) is 19.8 Å². The molecule has 0 bridgehead atoms. The van der Waals surface area contributed by atoms with Gasteiger partial charge < -0.3 is 13.9 Å². The van der Waals surface area contributed by atoms with Crippen LogP contribution in [-0.2, 0) is 17.5 Å². The zero-order valence-electron chi connectivity index (χ0n) is 20.2. The molecular formula is C25H35NO5Si. The summed E-state index contributed by atoms with van der Waals surface area (Å²) in [6, 6.07) is 11.2. The molecule has 0 amide bonds. The highest BCUT2D eigenvalue weighted by molar-refractivity contribution is 6.74. The van der Waals surface area contributed by atoms with Crippen molar-refractivity contribution in [3.8, 4) is 11.5 Å². The highest BCUT2D eigenvalue weighted by Crippen LogP contribution is 2.44. The van der Waals surface area contributed by atoms with Crippen molar-refractivity contribution in [3.05, 3.63) is 68.8 Å². The molecule has 0 heterocycles. The summed E-state index contributed by atoms with van der Waals surface area (Å²) >= 11 is 0. The molecule has 6 nitrogen and oxygen atoms in total. The second-order valence-corrected chi connectivity index (χ2v) is 14.8. The summed E-state index contributed by atoms with van der Waals surface area (Å²) in [6.07, 6.45) is 1.12. The molecule has 0 saturated heterocycles. The monoisotopic (exact) mass is 457 g/mol. The van der Waals surface area contributed by atoms with Crippen molar-refractivity contribution < 1.29 is 18.8 Å².